The van der Waals surface area contributed by atoms with Crippen molar-refractivity contribution in [3.05, 3.63) is 94.6 Å². The van der Waals surface area contributed by atoms with Gasteiger partial charge in [-0.15, -0.1) is 0 Å². The van der Waals surface area contributed by atoms with Gasteiger partial charge in [-0.2, -0.15) is 0 Å². The molecule has 5 heteroatoms. The molecule has 0 N–H and O–H groups in total. The Hall–Kier alpha value is -2.63. The molecule has 0 atom stereocenters. The number of nitrogens with zero attached hydrogens (tertiary/aromatic N) is 2. The lowest BCUT2D eigenvalue weighted by atomic mass is 9.84. The highest BCUT2D eigenvalue weighted by Gasteiger charge is 2.37. The number of hydrogen-bond donors (Lipinski definition) is 0. The molecule has 3 nitrogen and oxygen atoms in total. The largest absolute Gasteiger partial charge is 0.347 e. The summed E-state index contributed by atoms with van der Waals surface area (Å²) in [5.41, 5.74) is 5.61. The fourth-order valence-corrected chi connectivity index (χ4v) is 5.74. The highest BCUT2D eigenvalue weighted by Crippen LogP contribution is 2.46. The van der Waals surface area contributed by atoms with Gasteiger partial charge < -0.3 is 4.90 Å². The van der Waals surface area contributed by atoms with Gasteiger partial charge in [0.2, 0.25) is 0 Å². The van der Waals surface area contributed by atoms with E-state index >= 15 is 0 Å². The number of fused-ring (bicyclic) bond motifs is 1. The summed E-state index contributed by atoms with van der Waals surface area (Å²) in [5, 5.41) is 0. The summed E-state index contributed by atoms with van der Waals surface area (Å²) in [4.78, 5) is 17.6. The number of allylic oxidation sites excluding steroid dienone is 5. The molecule has 0 radical (unpaired) electrons. The second kappa shape index (κ2) is 8.48. The number of hydrogen-bond acceptors (Lipinski definition) is 4. The van der Waals surface area contributed by atoms with E-state index in [9.17, 15) is 4.79 Å². The smallest absolute Gasteiger partial charge is 0.266 e. The van der Waals surface area contributed by atoms with Crippen molar-refractivity contribution in [2.45, 2.75) is 26.2 Å². The van der Waals surface area contributed by atoms with E-state index in [0.29, 0.717) is 15.8 Å². The molecule has 2 heterocycles. The third-order valence-electron chi connectivity index (χ3n) is 5.95. The fourth-order valence-electron chi connectivity index (χ4n) is 4.29. The van der Waals surface area contributed by atoms with Crippen LogP contribution in [0.2, 0.25) is 0 Å². The monoisotopic (exact) mass is 446 g/mol. The lowest BCUT2D eigenvalue weighted by molar-refractivity contribution is -0.122. The average molecular weight is 447 g/mol. The third kappa shape index (κ3) is 3.77. The standard InChI is InChI=1S/C26H26N2OS2/c1-5-28-24(29)23(31-25(28)30)19(18-12-7-6-8-13-18)14-11-17-22-26(2,3)20-15-9-10-16-21(20)27(22)4/h6-17H,5H2,1-4H3. The summed E-state index contributed by atoms with van der Waals surface area (Å²) in [7, 11) is 2.11. The Morgan fingerprint density at radius 1 is 1.10 bits per heavy atom. The van der Waals surface area contributed by atoms with Crippen LogP contribution in [-0.4, -0.2) is 28.7 Å². The minimum Gasteiger partial charge on any atom is -0.347 e. The van der Waals surface area contributed by atoms with Crippen LogP contribution in [0.5, 0.6) is 0 Å². The van der Waals surface area contributed by atoms with E-state index < -0.39 is 0 Å². The van der Waals surface area contributed by atoms with Crippen LogP contribution in [0.3, 0.4) is 0 Å². The Bertz CT molecular complexity index is 1130. The van der Waals surface area contributed by atoms with E-state index in [0.717, 1.165) is 11.1 Å². The predicted octanol–water partition coefficient (Wildman–Crippen LogP) is 6.15. The molecule has 4 rings (SSSR count). The molecule has 1 saturated heterocycles. The van der Waals surface area contributed by atoms with E-state index in [1.54, 1.807) is 4.90 Å². The van der Waals surface area contributed by atoms with Crippen molar-refractivity contribution in [1.82, 2.24) is 4.90 Å². The molecular formula is C26H26N2OS2. The molecule has 0 aromatic heterocycles. The molecule has 0 aliphatic carbocycles. The van der Waals surface area contributed by atoms with Crippen molar-refractivity contribution in [2.24, 2.45) is 0 Å². The molecule has 0 saturated carbocycles. The zero-order valence-electron chi connectivity index (χ0n) is 18.3. The number of benzene rings is 2. The Labute approximate surface area is 194 Å². The van der Waals surface area contributed by atoms with Crippen molar-refractivity contribution in [3.63, 3.8) is 0 Å². The molecule has 0 unspecified atom stereocenters. The summed E-state index contributed by atoms with van der Waals surface area (Å²) >= 11 is 6.83. The van der Waals surface area contributed by atoms with Gasteiger partial charge in [0.25, 0.3) is 5.91 Å². The van der Waals surface area contributed by atoms with Gasteiger partial charge in [0.1, 0.15) is 4.32 Å². The van der Waals surface area contributed by atoms with E-state index in [-0.39, 0.29) is 11.3 Å². The maximum absolute atomic E-state index is 13.0. The zero-order chi connectivity index (χ0) is 22.2. The number of para-hydroxylation sites is 1. The minimum atomic E-state index is -0.0890. The van der Waals surface area contributed by atoms with Crippen LogP contribution in [0.25, 0.3) is 5.57 Å². The van der Waals surface area contributed by atoms with Crippen LogP contribution in [0.1, 0.15) is 31.9 Å². The number of carbonyl (C=O) groups is 1. The predicted molar refractivity (Wildman–Crippen MR) is 136 cm³/mol. The molecule has 2 aliphatic heterocycles. The van der Waals surface area contributed by atoms with E-state index in [1.807, 2.05) is 43.3 Å². The van der Waals surface area contributed by atoms with Gasteiger partial charge in [-0.05, 0) is 30.2 Å². The molecule has 31 heavy (non-hydrogen) atoms. The molecule has 158 valence electrons. The van der Waals surface area contributed by atoms with E-state index in [1.165, 1.54) is 28.7 Å². The highest BCUT2D eigenvalue weighted by molar-refractivity contribution is 8.26. The van der Waals surface area contributed by atoms with Gasteiger partial charge >= 0.3 is 0 Å². The summed E-state index contributed by atoms with van der Waals surface area (Å²) in [5.74, 6) is -0.0145. The van der Waals surface area contributed by atoms with Crippen molar-refractivity contribution in [3.8, 4) is 0 Å². The van der Waals surface area contributed by atoms with Gasteiger partial charge in [-0.3, -0.25) is 9.69 Å². The number of rotatable bonds is 4. The van der Waals surface area contributed by atoms with Crippen LogP contribution in [0.15, 0.2) is 83.4 Å². The first-order valence-electron chi connectivity index (χ1n) is 10.4. The SMILES string of the molecule is CCN1C(=O)C(=C(C=CC=C2N(C)c3ccccc3C2(C)C)c2ccccc2)SC1=S. The second-order valence-corrected chi connectivity index (χ2v) is 9.78. The molecule has 1 amide bonds. The van der Waals surface area contributed by atoms with Crippen LogP contribution in [0.4, 0.5) is 5.69 Å². The number of likely N-dealkylation sites (N-methyl/N-ethyl adjacent to an activating group) is 2. The quantitative estimate of drug-likeness (QED) is 0.415. The first-order chi connectivity index (χ1) is 14.9. The van der Waals surface area contributed by atoms with Crippen LogP contribution in [-0.2, 0) is 10.2 Å². The topological polar surface area (TPSA) is 23.6 Å². The third-order valence-corrected chi connectivity index (χ3v) is 7.42. The number of anilines is 1. The van der Waals surface area contributed by atoms with Gasteiger partial charge in [0.05, 0.1) is 4.91 Å². The number of amides is 1. The second-order valence-electron chi connectivity index (χ2n) is 8.14. The summed E-state index contributed by atoms with van der Waals surface area (Å²) in [6, 6.07) is 18.6. The molecule has 2 aliphatic rings. The lowest BCUT2D eigenvalue weighted by Crippen LogP contribution is -2.27. The average Bonchev–Trinajstić information content (AvgIpc) is 3.16. The first-order valence-corrected chi connectivity index (χ1v) is 11.6. The number of thiocarbonyl (C=S) groups is 1. The highest BCUT2D eigenvalue weighted by atomic mass is 32.2. The Morgan fingerprint density at radius 2 is 1.77 bits per heavy atom. The summed E-state index contributed by atoms with van der Waals surface area (Å²) in [6.07, 6.45) is 6.25. The molecule has 1 fully saturated rings. The Balaban J connectivity index is 1.75. The minimum absolute atomic E-state index is 0.0145. The molecule has 0 bridgehead atoms. The van der Waals surface area contributed by atoms with Gasteiger partial charge in [0.15, 0.2) is 0 Å². The molecule has 2 aromatic carbocycles. The van der Waals surface area contributed by atoms with Gasteiger partial charge in [-0.1, -0.05) is 98.5 Å². The number of carbonyl (C=O) groups excluding carboxylic acids is 1. The zero-order valence-corrected chi connectivity index (χ0v) is 19.9. The van der Waals surface area contributed by atoms with E-state index in [4.69, 9.17) is 12.2 Å². The Kier molecular flexibility index (Phi) is 5.91. The lowest BCUT2D eigenvalue weighted by Gasteiger charge is -2.23. The summed E-state index contributed by atoms with van der Waals surface area (Å²) < 4.78 is 0.620. The fraction of sp³-hybridized carbons (Fsp3) is 0.231. The molecular weight excluding hydrogens is 420 g/mol. The Morgan fingerprint density at radius 3 is 2.42 bits per heavy atom. The normalized spacial score (nSPS) is 20.8. The van der Waals surface area contributed by atoms with Crippen LogP contribution >= 0.6 is 24.0 Å². The maximum atomic E-state index is 13.0. The van der Waals surface area contributed by atoms with Crippen LogP contribution in [0, 0.1) is 0 Å². The van der Waals surface area contributed by atoms with Crippen molar-refractivity contribution < 1.29 is 4.79 Å². The van der Waals surface area contributed by atoms with Crippen molar-refractivity contribution in [1.29, 1.82) is 0 Å². The van der Waals surface area contributed by atoms with Crippen molar-refractivity contribution in [2.75, 3.05) is 18.5 Å². The molecule has 2 aromatic rings. The number of thioether (sulfide) groups is 1. The first kappa shape index (κ1) is 21.6. The van der Waals surface area contributed by atoms with E-state index in [2.05, 4.69) is 62.2 Å². The van der Waals surface area contributed by atoms with Gasteiger partial charge in [-0.25, -0.2) is 0 Å². The molecule has 0 spiro atoms. The van der Waals surface area contributed by atoms with Crippen LogP contribution < -0.4 is 4.90 Å². The summed E-state index contributed by atoms with van der Waals surface area (Å²) in [6.45, 7) is 7.03. The maximum Gasteiger partial charge on any atom is 0.266 e. The van der Waals surface area contributed by atoms with Gasteiger partial charge in [0, 0.05) is 36.0 Å². The van der Waals surface area contributed by atoms with Crippen molar-refractivity contribution >= 4 is 45.5 Å².